The van der Waals surface area contributed by atoms with Crippen LogP contribution in [0.15, 0.2) is 18.2 Å². The molecule has 1 aromatic carbocycles. The number of anilines is 1. The van der Waals surface area contributed by atoms with Crippen LogP contribution >= 0.6 is 0 Å². The Kier molecular flexibility index (Phi) is 8.16. The van der Waals surface area contributed by atoms with Crippen LogP contribution in [0.3, 0.4) is 0 Å². The summed E-state index contributed by atoms with van der Waals surface area (Å²) in [6.07, 6.45) is 0. The molecule has 4 heteroatoms. The summed E-state index contributed by atoms with van der Waals surface area (Å²) in [5.41, 5.74) is 7.90. The van der Waals surface area contributed by atoms with Crippen LogP contribution in [0.4, 0.5) is 5.69 Å². The van der Waals surface area contributed by atoms with E-state index in [2.05, 4.69) is 37.5 Å². The van der Waals surface area contributed by atoms with Crippen molar-refractivity contribution in [3.63, 3.8) is 0 Å². The van der Waals surface area contributed by atoms with E-state index in [4.69, 9.17) is 10.5 Å². The topological polar surface area (TPSA) is 41.7 Å². The standard InChI is InChI=1S/C17H31N3O/c1-5-19(6-2)11-12-21-17-10-9-16(18)13-15(17)14-20(7-3)8-4/h9-10,13H,5-8,11-12,14,18H2,1-4H3. The molecule has 0 spiro atoms. The second-order valence-corrected chi connectivity index (χ2v) is 5.20. The van der Waals surface area contributed by atoms with E-state index in [1.807, 2.05) is 18.2 Å². The smallest absolute Gasteiger partial charge is 0.124 e. The highest BCUT2D eigenvalue weighted by Gasteiger charge is 2.09. The average Bonchev–Trinajstić information content (AvgIpc) is 2.50. The van der Waals surface area contributed by atoms with Gasteiger partial charge in [-0.2, -0.15) is 0 Å². The summed E-state index contributed by atoms with van der Waals surface area (Å²) in [5.74, 6) is 0.961. The number of hydrogen-bond acceptors (Lipinski definition) is 4. The van der Waals surface area contributed by atoms with Crippen LogP contribution in [0.5, 0.6) is 5.75 Å². The molecule has 0 heterocycles. The second kappa shape index (κ2) is 9.64. The van der Waals surface area contributed by atoms with Gasteiger partial charge in [-0.05, 0) is 44.4 Å². The Labute approximate surface area is 129 Å². The van der Waals surface area contributed by atoms with Gasteiger partial charge < -0.3 is 15.4 Å². The van der Waals surface area contributed by atoms with Gasteiger partial charge in [0.15, 0.2) is 0 Å². The molecule has 0 bridgehead atoms. The van der Waals surface area contributed by atoms with Crippen molar-refractivity contribution in [3.05, 3.63) is 23.8 Å². The number of nitrogens with zero attached hydrogens (tertiary/aromatic N) is 2. The molecule has 21 heavy (non-hydrogen) atoms. The number of nitrogen functional groups attached to an aromatic ring is 1. The SMILES string of the molecule is CCN(CC)CCOc1ccc(N)cc1CN(CC)CC. The molecule has 0 amide bonds. The van der Waals surface area contributed by atoms with Crippen LogP contribution in [0.1, 0.15) is 33.3 Å². The van der Waals surface area contributed by atoms with Gasteiger partial charge in [0.25, 0.3) is 0 Å². The number of nitrogens with two attached hydrogens (primary N) is 1. The van der Waals surface area contributed by atoms with Gasteiger partial charge in [-0.3, -0.25) is 4.90 Å². The maximum Gasteiger partial charge on any atom is 0.124 e. The molecular formula is C17H31N3O. The van der Waals surface area contributed by atoms with E-state index in [1.54, 1.807) is 0 Å². The minimum absolute atomic E-state index is 0.719. The first-order valence-electron chi connectivity index (χ1n) is 8.10. The third-order valence-corrected chi connectivity index (χ3v) is 3.93. The summed E-state index contributed by atoms with van der Waals surface area (Å²) >= 11 is 0. The van der Waals surface area contributed by atoms with Crippen LogP contribution in [0.2, 0.25) is 0 Å². The third kappa shape index (κ3) is 5.94. The van der Waals surface area contributed by atoms with Crippen molar-refractivity contribution in [2.24, 2.45) is 0 Å². The lowest BCUT2D eigenvalue weighted by Gasteiger charge is -2.22. The fraction of sp³-hybridized carbons (Fsp3) is 0.647. The van der Waals surface area contributed by atoms with Crippen LogP contribution < -0.4 is 10.5 Å². The summed E-state index contributed by atoms with van der Waals surface area (Å²) in [6.45, 7) is 15.5. The van der Waals surface area contributed by atoms with E-state index in [1.165, 1.54) is 5.56 Å². The third-order valence-electron chi connectivity index (χ3n) is 3.93. The highest BCUT2D eigenvalue weighted by Crippen LogP contribution is 2.23. The Bertz CT molecular complexity index is 401. The van der Waals surface area contributed by atoms with E-state index in [-0.39, 0.29) is 0 Å². The zero-order chi connectivity index (χ0) is 15.7. The van der Waals surface area contributed by atoms with Crippen LogP contribution in [-0.4, -0.2) is 49.1 Å². The van der Waals surface area contributed by atoms with Crippen LogP contribution in [0.25, 0.3) is 0 Å². The molecule has 1 rings (SSSR count). The molecule has 0 aromatic heterocycles. The first-order valence-corrected chi connectivity index (χ1v) is 8.10. The normalized spacial score (nSPS) is 11.3. The first kappa shape index (κ1) is 17.8. The predicted octanol–water partition coefficient (Wildman–Crippen LogP) is 2.83. The number of benzene rings is 1. The quantitative estimate of drug-likeness (QED) is 0.674. The average molecular weight is 293 g/mol. The van der Waals surface area contributed by atoms with Gasteiger partial charge in [-0.15, -0.1) is 0 Å². The molecule has 0 saturated heterocycles. The Morgan fingerprint density at radius 1 is 0.952 bits per heavy atom. The molecule has 0 unspecified atom stereocenters. The fourth-order valence-corrected chi connectivity index (χ4v) is 2.38. The van der Waals surface area contributed by atoms with Gasteiger partial charge in [0.05, 0.1) is 0 Å². The minimum Gasteiger partial charge on any atom is -0.492 e. The van der Waals surface area contributed by atoms with Crippen molar-refractivity contribution in [2.45, 2.75) is 34.2 Å². The lowest BCUT2D eigenvalue weighted by molar-refractivity contribution is 0.218. The second-order valence-electron chi connectivity index (χ2n) is 5.20. The van der Waals surface area contributed by atoms with Gasteiger partial charge >= 0.3 is 0 Å². The largest absolute Gasteiger partial charge is 0.492 e. The molecular weight excluding hydrogens is 262 g/mol. The summed E-state index contributed by atoms with van der Waals surface area (Å²) in [7, 11) is 0. The number of hydrogen-bond donors (Lipinski definition) is 1. The monoisotopic (exact) mass is 293 g/mol. The Morgan fingerprint density at radius 2 is 1.57 bits per heavy atom. The molecule has 4 nitrogen and oxygen atoms in total. The molecule has 0 aliphatic heterocycles. The highest BCUT2D eigenvalue weighted by molar-refractivity contribution is 5.47. The first-order chi connectivity index (χ1) is 10.1. The van der Waals surface area contributed by atoms with E-state index < -0.39 is 0 Å². The summed E-state index contributed by atoms with van der Waals surface area (Å²) in [6, 6.07) is 5.94. The zero-order valence-electron chi connectivity index (χ0n) is 14.1. The maximum atomic E-state index is 5.99. The lowest BCUT2D eigenvalue weighted by atomic mass is 10.1. The van der Waals surface area contributed by atoms with E-state index >= 15 is 0 Å². The van der Waals surface area contributed by atoms with Crippen molar-refractivity contribution < 1.29 is 4.74 Å². The molecule has 1 aromatic rings. The lowest BCUT2D eigenvalue weighted by Crippen LogP contribution is -2.28. The van der Waals surface area contributed by atoms with Gasteiger partial charge in [0, 0.05) is 24.3 Å². The van der Waals surface area contributed by atoms with Crippen LogP contribution in [0, 0.1) is 0 Å². The van der Waals surface area contributed by atoms with E-state index in [0.717, 1.165) is 57.3 Å². The number of likely N-dealkylation sites (N-methyl/N-ethyl adjacent to an activating group) is 1. The molecule has 0 atom stereocenters. The predicted molar refractivity (Wildman–Crippen MR) is 90.8 cm³/mol. The van der Waals surface area contributed by atoms with Gasteiger partial charge in [-0.25, -0.2) is 0 Å². The Hall–Kier alpha value is -1.26. The number of ether oxygens (including phenoxy) is 1. The molecule has 2 N–H and O–H groups in total. The number of rotatable bonds is 10. The highest BCUT2D eigenvalue weighted by atomic mass is 16.5. The van der Waals surface area contributed by atoms with Crippen molar-refractivity contribution in [2.75, 3.05) is 45.1 Å². The Balaban J connectivity index is 2.68. The fourth-order valence-electron chi connectivity index (χ4n) is 2.38. The summed E-state index contributed by atoms with van der Waals surface area (Å²) in [5, 5.41) is 0. The van der Waals surface area contributed by atoms with Crippen molar-refractivity contribution in [3.8, 4) is 5.75 Å². The minimum atomic E-state index is 0.719. The van der Waals surface area contributed by atoms with Gasteiger partial charge in [-0.1, -0.05) is 27.7 Å². The molecule has 0 saturated carbocycles. The van der Waals surface area contributed by atoms with Gasteiger partial charge in [0.2, 0.25) is 0 Å². The summed E-state index contributed by atoms with van der Waals surface area (Å²) < 4.78 is 5.99. The maximum absolute atomic E-state index is 5.99. The van der Waals surface area contributed by atoms with Crippen LogP contribution in [-0.2, 0) is 6.54 Å². The van der Waals surface area contributed by atoms with Crippen molar-refractivity contribution in [1.29, 1.82) is 0 Å². The molecule has 0 radical (unpaired) electrons. The summed E-state index contributed by atoms with van der Waals surface area (Å²) in [4.78, 5) is 4.73. The van der Waals surface area contributed by atoms with E-state index in [0.29, 0.717) is 0 Å². The zero-order valence-corrected chi connectivity index (χ0v) is 14.1. The van der Waals surface area contributed by atoms with Crippen molar-refractivity contribution >= 4 is 5.69 Å². The van der Waals surface area contributed by atoms with Gasteiger partial charge in [0.1, 0.15) is 12.4 Å². The Morgan fingerprint density at radius 3 is 2.14 bits per heavy atom. The molecule has 0 aliphatic rings. The van der Waals surface area contributed by atoms with E-state index in [9.17, 15) is 0 Å². The molecule has 120 valence electrons. The van der Waals surface area contributed by atoms with Crippen molar-refractivity contribution in [1.82, 2.24) is 9.80 Å². The molecule has 0 aliphatic carbocycles. The molecule has 0 fully saturated rings.